The van der Waals surface area contributed by atoms with Crippen LogP contribution in [0.3, 0.4) is 0 Å². The van der Waals surface area contributed by atoms with Crippen molar-refractivity contribution >= 4 is 27.3 Å². The highest BCUT2D eigenvalue weighted by Gasteiger charge is 2.27. The lowest BCUT2D eigenvalue weighted by atomic mass is 9.98. The van der Waals surface area contributed by atoms with Crippen molar-refractivity contribution in [1.29, 1.82) is 0 Å². The number of rotatable bonds is 5. The number of hydrogen-bond acceptors (Lipinski definition) is 5. The molecule has 0 bridgehead atoms. The molecule has 0 aliphatic carbocycles. The van der Waals surface area contributed by atoms with Crippen LogP contribution >= 0.6 is 15.9 Å². The van der Waals surface area contributed by atoms with Crippen LogP contribution in [0.25, 0.3) is 0 Å². The number of halogens is 1. The van der Waals surface area contributed by atoms with Gasteiger partial charge in [0, 0.05) is 18.8 Å². The molecule has 1 fully saturated rings. The van der Waals surface area contributed by atoms with E-state index >= 15 is 0 Å². The van der Waals surface area contributed by atoms with E-state index < -0.39 is 0 Å². The van der Waals surface area contributed by atoms with Crippen LogP contribution in [0.15, 0.2) is 16.9 Å². The van der Waals surface area contributed by atoms with E-state index in [2.05, 4.69) is 45.0 Å². The molecule has 2 rings (SSSR count). The van der Waals surface area contributed by atoms with E-state index in [1.54, 1.807) is 6.20 Å². The Morgan fingerprint density at radius 1 is 1.57 bits per heavy atom. The van der Waals surface area contributed by atoms with Crippen LogP contribution in [-0.2, 0) is 0 Å². The normalized spacial score (nSPS) is 18.8. The Labute approximate surface area is 133 Å². The standard InChI is InChI=1S/C14H21BrN4O2/c1-10(2)18(9-11-4-3-5-16-6-11)14-12(15)7-17-8-13(14)19(20)21/h7-8,10-11,16H,3-6,9H2,1-2H3. The van der Waals surface area contributed by atoms with Gasteiger partial charge in [-0.2, -0.15) is 0 Å². The van der Waals surface area contributed by atoms with Crippen LogP contribution in [0.5, 0.6) is 0 Å². The first-order valence-electron chi connectivity index (χ1n) is 7.26. The number of anilines is 1. The van der Waals surface area contributed by atoms with Crippen LogP contribution in [-0.4, -0.2) is 35.6 Å². The summed E-state index contributed by atoms with van der Waals surface area (Å²) < 4.78 is 0.675. The first-order chi connectivity index (χ1) is 10.0. The quantitative estimate of drug-likeness (QED) is 0.648. The lowest BCUT2D eigenvalue weighted by Crippen LogP contribution is -2.41. The number of hydrogen-bond donors (Lipinski definition) is 1. The van der Waals surface area contributed by atoms with Gasteiger partial charge in [0.15, 0.2) is 0 Å². The van der Waals surface area contributed by atoms with Crippen LogP contribution in [0.2, 0.25) is 0 Å². The van der Waals surface area contributed by atoms with Crippen molar-refractivity contribution in [1.82, 2.24) is 10.3 Å². The van der Waals surface area contributed by atoms with Crippen LogP contribution < -0.4 is 10.2 Å². The summed E-state index contributed by atoms with van der Waals surface area (Å²) in [6.07, 6.45) is 5.27. The number of nitro groups is 1. The van der Waals surface area contributed by atoms with Crippen molar-refractivity contribution < 1.29 is 4.92 Å². The molecule has 0 radical (unpaired) electrons. The van der Waals surface area contributed by atoms with Gasteiger partial charge in [-0.15, -0.1) is 0 Å². The van der Waals surface area contributed by atoms with Crippen molar-refractivity contribution in [2.45, 2.75) is 32.7 Å². The van der Waals surface area contributed by atoms with Gasteiger partial charge in [0.25, 0.3) is 0 Å². The van der Waals surface area contributed by atoms with E-state index in [-0.39, 0.29) is 16.7 Å². The van der Waals surface area contributed by atoms with Gasteiger partial charge in [-0.25, -0.2) is 0 Å². The summed E-state index contributed by atoms with van der Waals surface area (Å²) >= 11 is 3.42. The number of nitrogens with zero attached hydrogens (tertiary/aromatic N) is 3. The molecule has 1 aromatic heterocycles. The maximum absolute atomic E-state index is 11.3. The Morgan fingerprint density at radius 2 is 2.33 bits per heavy atom. The molecule has 1 saturated heterocycles. The van der Waals surface area contributed by atoms with Gasteiger partial charge in [0.2, 0.25) is 0 Å². The highest BCUT2D eigenvalue weighted by molar-refractivity contribution is 9.10. The molecule has 1 aliphatic heterocycles. The second-order valence-corrected chi connectivity index (χ2v) is 6.56. The van der Waals surface area contributed by atoms with Gasteiger partial charge in [0.1, 0.15) is 11.9 Å². The van der Waals surface area contributed by atoms with Crippen molar-refractivity contribution in [3.63, 3.8) is 0 Å². The molecule has 1 aromatic rings. The molecule has 116 valence electrons. The van der Waals surface area contributed by atoms with E-state index in [1.165, 1.54) is 6.20 Å². The summed E-state index contributed by atoms with van der Waals surface area (Å²) in [7, 11) is 0. The lowest BCUT2D eigenvalue weighted by Gasteiger charge is -2.34. The molecule has 0 aromatic carbocycles. The summed E-state index contributed by atoms with van der Waals surface area (Å²) in [5.41, 5.74) is 0.692. The molecule has 0 saturated carbocycles. The lowest BCUT2D eigenvalue weighted by molar-refractivity contribution is -0.384. The Kier molecular flexibility index (Phi) is 5.52. The van der Waals surface area contributed by atoms with Gasteiger partial charge in [-0.05, 0) is 61.6 Å². The van der Waals surface area contributed by atoms with Crippen molar-refractivity contribution in [3.05, 3.63) is 27.0 Å². The SMILES string of the molecule is CC(C)N(CC1CCCNC1)c1c(Br)cncc1[N+](=O)[O-]. The van der Waals surface area contributed by atoms with Crippen LogP contribution in [0.4, 0.5) is 11.4 Å². The van der Waals surface area contributed by atoms with Crippen molar-refractivity contribution in [2.24, 2.45) is 5.92 Å². The second kappa shape index (κ2) is 7.17. The molecule has 0 amide bonds. The van der Waals surface area contributed by atoms with Crippen molar-refractivity contribution in [3.8, 4) is 0 Å². The third-order valence-electron chi connectivity index (χ3n) is 3.81. The molecule has 2 heterocycles. The maximum Gasteiger partial charge on any atom is 0.311 e. The summed E-state index contributed by atoms with van der Waals surface area (Å²) in [5, 5.41) is 14.7. The molecule has 1 aliphatic rings. The smallest absolute Gasteiger partial charge is 0.311 e. The van der Waals surface area contributed by atoms with Gasteiger partial charge >= 0.3 is 5.69 Å². The van der Waals surface area contributed by atoms with E-state index in [4.69, 9.17) is 0 Å². The first-order valence-corrected chi connectivity index (χ1v) is 8.05. The molecule has 21 heavy (non-hydrogen) atoms. The molecular formula is C14H21BrN4O2. The molecule has 7 heteroatoms. The first kappa shape index (κ1) is 16.2. The number of nitrogens with one attached hydrogen (secondary N) is 1. The fourth-order valence-electron chi connectivity index (χ4n) is 2.75. The fourth-order valence-corrected chi connectivity index (χ4v) is 3.30. The monoisotopic (exact) mass is 356 g/mol. The zero-order valence-electron chi connectivity index (χ0n) is 12.4. The van der Waals surface area contributed by atoms with E-state index in [9.17, 15) is 10.1 Å². The summed E-state index contributed by atoms with van der Waals surface area (Å²) in [4.78, 5) is 17.0. The average molecular weight is 357 g/mol. The minimum Gasteiger partial charge on any atom is -0.362 e. The average Bonchev–Trinajstić information content (AvgIpc) is 2.45. The maximum atomic E-state index is 11.3. The predicted octanol–water partition coefficient (Wildman–Crippen LogP) is 2.97. The van der Waals surface area contributed by atoms with Gasteiger partial charge < -0.3 is 10.2 Å². The number of aromatic nitrogens is 1. The van der Waals surface area contributed by atoms with E-state index in [1.807, 2.05) is 0 Å². The van der Waals surface area contributed by atoms with Crippen molar-refractivity contribution in [2.75, 3.05) is 24.5 Å². The minimum atomic E-state index is -0.360. The molecule has 1 N–H and O–H groups in total. The Hall–Kier alpha value is -1.21. The van der Waals surface area contributed by atoms with Gasteiger partial charge in [-0.1, -0.05) is 0 Å². The topological polar surface area (TPSA) is 71.3 Å². The number of pyridine rings is 1. The van der Waals surface area contributed by atoms with Gasteiger partial charge in [-0.3, -0.25) is 15.1 Å². The Morgan fingerprint density at radius 3 is 2.90 bits per heavy atom. The second-order valence-electron chi connectivity index (χ2n) is 5.70. The fraction of sp³-hybridized carbons (Fsp3) is 0.643. The summed E-state index contributed by atoms with van der Waals surface area (Å²) in [5.74, 6) is 0.515. The highest BCUT2D eigenvalue weighted by atomic mass is 79.9. The molecule has 6 nitrogen and oxygen atoms in total. The van der Waals surface area contributed by atoms with Crippen LogP contribution in [0.1, 0.15) is 26.7 Å². The van der Waals surface area contributed by atoms with Gasteiger partial charge in [0.05, 0.1) is 9.40 Å². The molecule has 1 atom stereocenters. The number of piperidine rings is 1. The Bertz CT molecular complexity index is 504. The Balaban J connectivity index is 2.31. The predicted molar refractivity (Wildman–Crippen MR) is 86.7 cm³/mol. The van der Waals surface area contributed by atoms with Crippen LogP contribution in [0, 0.1) is 16.0 Å². The summed E-state index contributed by atoms with van der Waals surface area (Å²) in [6.45, 7) is 6.98. The zero-order chi connectivity index (χ0) is 15.4. The van der Waals surface area contributed by atoms with E-state index in [0.717, 1.165) is 32.5 Å². The largest absolute Gasteiger partial charge is 0.362 e. The molecule has 1 unspecified atom stereocenters. The third-order valence-corrected chi connectivity index (χ3v) is 4.39. The zero-order valence-corrected chi connectivity index (χ0v) is 14.0. The minimum absolute atomic E-state index is 0.0573. The third kappa shape index (κ3) is 3.91. The highest BCUT2D eigenvalue weighted by Crippen LogP contribution is 2.36. The molecular weight excluding hydrogens is 336 g/mol. The summed E-state index contributed by atoms with van der Waals surface area (Å²) in [6, 6.07) is 0.185. The molecule has 0 spiro atoms. The van der Waals surface area contributed by atoms with E-state index in [0.29, 0.717) is 16.1 Å².